The Morgan fingerprint density at radius 1 is 1.10 bits per heavy atom. The first kappa shape index (κ1) is 20.5. The maximum Gasteiger partial charge on any atom is 0.160 e. The lowest BCUT2D eigenvalue weighted by Crippen LogP contribution is -2.62. The van der Waals surface area contributed by atoms with Crippen LogP contribution in [-0.4, -0.2) is 44.8 Å². The third kappa shape index (κ3) is 3.52. The Morgan fingerprint density at radius 2 is 1.90 bits per heavy atom. The summed E-state index contributed by atoms with van der Waals surface area (Å²) in [7, 11) is 0. The van der Waals surface area contributed by atoms with Gasteiger partial charge in [0.1, 0.15) is 0 Å². The predicted octanol–water partition coefficient (Wildman–Crippen LogP) is 4.69. The van der Waals surface area contributed by atoms with Crippen LogP contribution in [0.3, 0.4) is 0 Å². The van der Waals surface area contributed by atoms with Crippen molar-refractivity contribution in [3.63, 3.8) is 0 Å². The molecular formula is C25H41NO3. The molecule has 5 aliphatic rings. The third-order valence-electron chi connectivity index (χ3n) is 9.46. The first-order valence-electron chi connectivity index (χ1n) is 12.3. The van der Waals surface area contributed by atoms with E-state index in [4.69, 9.17) is 14.2 Å². The van der Waals surface area contributed by atoms with Crippen molar-refractivity contribution >= 4 is 0 Å². The quantitative estimate of drug-likeness (QED) is 0.676. The molecule has 0 aromatic carbocycles. The van der Waals surface area contributed by atoms with E-state index in [-0.39, 0.29) is 11.7 Å². The summed E-state index contributed by atoms with van der Waals surface area (Å²) in [6.07, 6.45) is 12.1. The van der Waals surface area contributed by atoms with E-state index in [9.17, 15) is 0 Å². The van der Waals surface area contributed by atoms with Crippen LogP contribution in [0.1, 0.15) is 71.6 Å². The van der Waals surface area contributed by atoms with E-state index in [1.807, 2.05) is 0 Å². The van der Waals surface area contributed by atoms with Gasteiger partial charge < -0.3 is 19.5 Å². The van der Waals surface area contributed by atoms with E-state index in [1.54, 1.807) is 0 Å². The maximum atomic E-state index is 6.69. The van der Waals surface area contributed by atoms with Gasteiger partial charge in [-0.2, -0.15) is 0 Å². The van der Waals surface area contributed by atoms with E-state index >= 15 is 0 Å². The SMILES string of the molecule is C=C1CCC2[C@]3(C)CO[C@@H](C4CCCC4)O[C@@H]3CC[C@@]2(C)[C@@H]1CCOC1CNC1. The topological polar surface area (TPSA) is 39.7 Å². The van der Waals surface area contributed by atoms with Crippen LogP contribution in [-0.2, 0) is 14.2 Å². The average Bonchev–Trinajstić information content (AvgIpc) is 3.19. The predicted molar refractivity (Wildman–Crippen MR) is 115 cm³/mol. The minimum absolute atomic E-state index is 0.0544. The molecule has 2 saturated heterocycles. The highest BCUT2D eigenvalue weighted by Gasteiger charge is 2.60. The van der Waals surface area contributed by atoms with Crippen LogP contribution in [0.15, 0.2) is 12.2 Å². The highest BCUT2D eigenvalue weighted by molar-refractivity contribution is 5.18. The van der Waals surface area contributed by atoms with Crippen molar-refractivity contribution in [1.82, 2.24) is 5.32 Å². The molecule has 164 valence electrons. The van der Waals surface area contributed by atoms with E-state index in [0.717, 1.165) is 39.1 Å². The molecule has 1 unspecified atom stereocenters. The molecule has 5 fully saturated rings. The van der Waals surface area contributed by atoms with Crippen molar-refractivity contribution in [3.8, 4) is 0 Å². The van der Waals surface area contributed by atoms with E-state index in [0.29, 0.717) is 35.4 Å². The van der Waals surface area contributed by atoms with E-state index in [1.165, 1.54) is 50.5 Å². The van der Waals surface area contributed by atoms with Gasteiger partial charge in [0.25, 0.3) is 0 Å². The molecule has 4 heteroatoms. The Kier molecular flexibility index (Phi) is 5.60. The average molecular weight is 404 g/mol. The number of ether oxygens (including phenoxy) is 3. The van der Waals surface area contributed by atoms with Gasteiger partial charge in [-0.15, -0.1) is 0 Å². The lowest BCUT2D eigenvalue weighted by atomic mass is 9.46. The molecule has 0 aromatic heterocycles. The minimum atomic E-state index is 0.0544. The number of rotatable bonds is 5. The second kappa shape index (κ2) is 7.93. The fraction of sp³-hybridized carbons (Fsp3) is 0.920. The number of hydrogen-bond acceptors (Lipinski definition) is 4. The van der Waals surface area contributed by atoms with Gasteiger partial charge in [-0.1, -0.05) is 38.8 Å². The van der Waals surface area contributed by atoms with Gasteiger partial charge in [0.2, 0.25) is 0 Å². The van der Waals surface area contributed by atoms with Gasteiger partial charge in [0.15, 0.2) is 6.29 Å². The first-order valence-corrected chi connectivity index (χ1v) is 12.3. The summed E-state index contributed by atoms with van der Waals surface area (Å²) in [5.74, 6) is 1.85. The fourth-order valence-electron chi connectivity index (χ4n) is 7.59. The molecular weight excluding hydrogens is 362 g/mol. The zero-order valence-electron chi connectivity index (χ0n) is 18.6. The largest absolute Gasteiger partial charge is 0.376 e. The molecule has 0 radical (unpaired) electrons. The van der Waals surface area contributed by atoms with Crippen LogP contribution in [0.2, 0.25) is 0 Å². The number of nitrogens with one attached hydrogen (secondary N) is 1. The standard InChI is InChI=1S/C25H41NO3/c1-17-8-9-21-24(2,20(17)11-13-27-19-14-26-15-19)12-10-22-25(21,3)16-28-23(29-22)18-6-4-5-7-18/h18-23,26H,1,4-16H2,2-3H3/t20-,21?,22-,23-,24+,25+/m1/s1. The van der Waals surface area contributed by atoms with E-state index < -0.39 is 0 Å². The molecule has 0 bridgehead atoms. The number of allylic oxidation sites excluding steroid dienone is 1. The molecule has 3 aliphatic carbocycles. The van der Waals surface area contributed by atoms with Crippen molar-refractivity contribution in [2.75, 3.05) is 26.3 Å². The molecule has 1 N–H and O–H groups in total. The Morgan fingerprint density at radius 3 is 2.62 bits per heavy atom. The van der Waals surface area contributed by atoms with Crippen molar-refractivity contribution < 1.29 is 14.2 Å². The highest BCUT2D eigenvalue weighted by atomic mass is 16.7. The maximum absolute atomic E-state index is 6.69. The smallest absolute Gasteiger partial charge is 0.160 e. The molecule has 3 saturated carbocycles. The van der Waals surface area contributed by atoms with Crippen LogP contribution in [0.4, 0.5) is 0 Å². The molecule has 0 spiro atoms. The second-order valence-corrected chi connectivity index (χ2v) is 11.1. The summed E-state index contributed by atoms with van der Waals surface area (Å²) in [6, 6.07) is 0. The van der Waals surface area contributed by atoms with Crippen LogP contribution < -0.4 is 5.32 Å². The van der Waals surface area contributed by atoms with Gasteiger partial charge in [-0.3, -0.25) is 0 Å². The zero-order valence-corrected chi connectivity index (χ0v) is 18.6. The molecule has 0 amide bonds. The van der Waals surface area contributed by atoms with Crippen molar-refractivity contribution in [2.24, 2.45) is 28.6 Å². The molecule has 4 nitrogen and oxygen atoms in total. The number of hydrogen-bond donors (Lipinski definition) is 1. The normalized spacial score (nSPS) is 46.2. The van der Waals surface area contributed by atoms with Crippen molar-refractivity contribution in [3.05, 3.63) is 12.2 Å². The van der Waals surface area contributed by atoms with Crippen LogP contribution in [0.25, 0.3) is 0 Å². The van der Waals surface area contributed by atoms with Gasteiger partial charge in [-0.05, 0) is 62.2 Å². The molecule has 6 atom stereocenters. The molecule has 2 aliphatic heterocycles. The Balaban J connectivity index is 1.29. The Bertz CT molecular complexity index is 613. The first-order chi connectivity index (χ1) is 14.0. The highest BCUT2D eigenvalue weighted by Crippen LogP contribution is 2.63. The van der Waals surface area contributed by atoms with Gasteiger partial charge in [-0.25, -0.2) is 0 Å². The summed E-state index contributed by atoms with van der Waals surface area (Å²) in [4.78, 5) is 0. The molecule has 2 heterocycles. The minimum Gasteiger partial charge on any atom is -0.376 e. The van der Waals surface area contributed by atoms with Crippen LogP contribution in [0.5, 0.6) is 0 Å². The lowest BCUT2D eigenvalue weighted by molar-refractivity contribution is -0.316. The Labute approximate surface area is 177 Å². The monoisotopic (exact) mass is 403 g/mol. The summed E-state index contributed by atoms with van der Waals surface area (Å²) >= 11 is 0. The second-order valence-electron chi connectivity index (χ2n) is 11.1. The van der Waals surface area contributed by atoms with Gasteiger partial charge in [0, 0.05) is 31.0 Å². The van der Waals surface area contributed by atoms with Gasteiger partial charge >= 0.3 is 0 Å². The number of fused-ring (bicyclic) bond motifs is 3. The fourth-order valence-corrected chi connectivity index (χ4v) is 7.59. The summed E-state index contributed by atoms with van der Waals surface area (Å²) < 4.78 is 19.2. The van der Waals surface area contributed by atoms with Crippen LogP contribution >= 0.6 is 0 Å². The molecule has 29 heavy (non-hydrogen) atoms. The summed E-state index contributed by atoms with van der Waals surface area (Å²) in [5.41, 5.74) is 1.90. The van der Waals surface area contributed by atoms with Crippen molar-refractivity contribution in [1.29, 1.82) is 0 Å². The molecule has 5 rings (SSSR count). The van der Waals surface area contributed by atoms with Crippen molar-refractivity contribution in [2.45, 2.75) is 90.1 Å². The van der Waals surface area contributed by atoms with Gasteiger partial charge in [0.05, 0.1) is 18.8 Å². The van der Waals surface area contributed by atoms with E-state index in [2.05, 4.69) is 25.7 Å². The molecule has 0 aromatic rings. The summed E-state index contributed by atoms with van der Waals surface area (Å²) in [5, 5.41) is 3.30. The third-order valence-corrected chi connectivity index (χ3v) is 9.46. The van der Waals surface area contributed by atoms with Crippen LogP contribution in [0, 0.1) is 28.6 Å². The summed E-state index contributed by atoms with van der Waals surface area (Å²) in [6.45, 7) is 13.3. The lowest BCUT2D eigenvalue weighted by Gasteiger charge is -2.63. The zero-order chi connectivity index (χ0) is 20.1. The Hall–Kier alpha value is -0.420.